The van der Waals surface area contributed by atoms with Crippen LogP contribution in [0.4, 0.5) is 5.69 Å². The maximum atomic E-state index is 12.8. The van der Waals surface area contributed by atoms with Gasteiger partial charge in [-0.2, -0.15) is 5.26 Å². The van der Waals surface area contributed by atoms with Gasteiger partial charge in [0.25, 0.3) is 5.91 Å². The Labute approximate surface area is 156 Å². The van der Waals surface area contributed by atoms with E-state index in [9.17, 15) is 14.9 Å². The Morgan fingerprint density at radius 1 is 1.35 bits per heavy atom. The Hall–Kier alpha value is -2.69. The molecular formula is C19H19N3O3S. The second-order valence-electron chi connectivity index (χ2n) is 6.11. The summed E-state index contributed by atoms with van der Waals surface area (Å²) in [7, 11) is 1.61. The summed E-state index contributed by atoms with van der Waals surface area (Å²) in [5.41, 5.74) is 1.05. The molecule has 1 fully saturated rings. The summed E-state index contributed by atoms with van der Waals surface area (Å²) in [6.45, 7) is 2.73. The van der Waals surface area contributed by atoms with E-state index in [2.05, 4.69) is 6.07 Å². The summed E-state index contributed by atoms with van der Waals surface area (Å²) in [5.74, 6) is -0.334. The highest BCUT2D eigenvalue weighted by molar-refractivity contribution is 7.14. The van der Waals surface area contributed by atoms with Crippen molar-refractivity contribution < 1.29 is 14.3 Å². The molecule has 0 spiro atoms. The first-order valence-electron chi connectivity index (χ1n) is 8.23. The lowest BCUT2D eigenvalue weighted by atomic mass is 10.1. The van der Waals surface area contributed by atoms with E-state index in [1.165, 1.54) is 11.3 Å². The molecule has 0 unspecified atom stereocenters. The first-order valence-corrected chi connectivity index (χ1v) is 9.05. The molecule has 1 saturated heterocycles. The van der Waals surface area contributed by atoms with E-state index in [1.807, 2.05) is 13.0 Å². The van der Waals surface area contributed by atoms with Gasteiger partial charge in [-0.3, -0.25) is 9.59 Å². The number of piperazine rings is 1. The van der Waals surface area contributed by atoms with E-state index in [0.717, 1.165) is 4.88 Å². The number of nitriles is 1. The van der Waals surface area contributed by atoms with Crippen molar-refractivity contribution in [1.82, 2.24) is 4.90 Å². The molecule has 2 aromatic rings. The summed E-state index contributed by atoms with van der Waals surface area (Å²) in [4.78, 5) is 30.2. The van der Waals surface area contributed by atoms with Crippen LogP contribution < -0.4 is 4.90 Å². The van der Waals surface area contributed by atoms with Gasteiger partial charge in [0.2, 0.25) is 5.91 Å². The van der Waals surface area contributed by atoms with E-state index in [1.54, 1.807) is 47.2 Å². The zero-order chi connectivity index (χ0) is 18.7. The molecule has 0 N–H and O–H groups in total. The molecule has 1 aliphatic rings. The van der Waals surface area contributed by atoms with Gasteiger partial charge >= 0.3 is 0 Å². The molecule has 0 saturated carbocycles. The summed E-state index contributed by atoms with van der Waals surface area (Å²) in [5, 5.41) is 9.27. The Balaban J connectivity index is 1.79. The van der Waals surface area contributed by atoms with Crippen molar-refractivity contribution in [2.75, 3.05) is 25.1 Å². The highest BCUT2D eigenvalue weighted by Gasteiger charge is 2.34. The molecule has 0 bridgehead atoms. The topological polar surface area (TPSA) is 73.6 Å². The second-order valence-corrected chi connectivity index (χ2v) is 7.28. The third kappa shape index (κ3) is 3.47. The number of thiophene rings is 1. The maximum Gasteiger partial charge on any atom is 0.264 e. The van der Waals surface area contributed by atoms with Gasteiger partial charge in [-0.1, -0.05) is 12.1 Å². The first kappa shape index (κ1) is 18.1. The molecule has 3 rings (SSSR count). The van der Waals surface area contributed by atoms with E-state index in [-0.39, 0.29) is 24.4 Å². The summed E-state index contributed by atoms with van der Waals surface area (Å²) < 4.78 is 5.09. The highest BCUT2D eigenvalue weighted by atomic mass is 32.1. The Kier molecular flexibility index (Phi) is 5.35. The quantitative estimate of drug-likeness (QED) is 0.830. The van der Waals surface area contributed by atoms with Crippen molar-refractivity contribution in [2.45, 2.75) is 19.6 Å². The lowest BCUT2D eigenvalue weighted by molar-refractivity contribution is -0.121. The van der Waals surface area contributed by atoms with Crippen molar-refractivity contribution in [1.29, 1.82) is 5.26 Å². The molecule has 2 amide bonds. The molecule has 2 heterocycles. The van der Waals surface area contributed by atoms with Gasteiger partial charge in [0, 0.05) is 24.6 Å². The summed E-state index contributed by atoms with van der Waals surface area (Å²) >= 11 is 1.38. The van der Waals surface area contributed by atoms with E-state index < -0.39 is 0 Å². The number of hydrogen-bond donors (Lipinski definition) is 0. The van der Waals surface area contributed by atoms with Crippen LogP contribution >= 0.6 is 11.3 Å². The van der Waals surface area contributed by atoms with Crippen LogP contribution in [0.25, 0.3) is 0 Å². The number of nitrogens with zero attached hydrogens (tertiary/aromatic N) is 3. The summed E-state index contributed by atoms with van der Waals surface area (Å²) in [6.07, 6.45) is 0. The minimum absolute atomic E-state index is 0.00270. The van der Waals surface area contributed by atoms with Gasteiger partial charge in [0.1, 0.15) is 12.6 Å². The van der Waals surface area contributed by atoms with Gasteiger partial charge in [0.15, 0.2) is 0 Å². The van der Waals surface area contributed by atoms with E-state index in [0.29, 0.717) is 29.3 Å². The molecule has 6 nitrogen and oxygen atoms in total. The average molecular weight is 369 g/mol. The van der Waals surface area contributed by atoms with Crippen LogP contribution in [0, 0.1) is 11.3 Å². The van der Waals surface area contributed by atoms with Gasteiger partial charge < -0.3 is 14.5 Å². The summed E-state index contributed by atoms with van der Waals surface area (Å²) in [6, 6.07) is 12.6. The molecular weight excluding hydrogens is 350 g/mol. The number of hydrogen-bond acceptors (Lipinski definition) is 5. The van der Waals surface area contributed by atoms with Crippen LogP contribution in [-0.4, -0.2) is 43.0 Å². The zero-order valence-electron chi connectivity index (χ0n) is 14.6. The van der Waals surface area contributed by atoms with Gasteiger partial charge in [-0.15, -0.1) is 11.3 Å². The van der Waals surface area contributed by atoms with Crippen molar-refractivity contribution in [3.05, 3.63) is 51.7 Å². The van der Waals surface area contributed by atoms with Crippen LogP contribution in [0.3, 0.4) is 0 Å². The van der Waals surface area contributed by atoms with Crippen LogP contribution in [0.15, 0.2) is 36.4 Å². The monoisotopic (exact) mass is 369 g/mol. The molecule has 1 aromatic carbocycles. The normalized spacial score (nSPS) is 17.3. The molecule has 134 valence electrons. The average Bonchev–Trinajstić information content (AvgIpc) is 3.11. The number of ether oxygens (including phenoxy) is 1. The SMILES string of the molecule is COCc1ccc(C(=O)N2CC(=O)N(c3ccccc3C#N)C[C@@H]2C)s1. The van der Waals surface area contributed by atoms with Crippen molar-refractivity contribution in [2.24, 2.45) is 0 Å². The second kappa shape index (κ2) is 7.68. The van der Waals surface area contributed by atoms with Crippen LogP contribution in [0.1, 0.15) is 27.0 Å². The third-order valence-electron chi connectivity index (χ3n) is 4.32. The largest absolute Gasteiger partial charge is 0.379 e. The number of methoxy groups -OCH3 is 1. The van der Waals surface area contributed by atoms with Gasteiger partial charge in [-0.05, 0) is 31.2 Å². The predicted molar refractivity (Wildman–Crippen MR) is 99.0 cm³/mol. The fraction of sp³-hybridized carbons (Fsp3) is 0.316. The molecule has 26 heavy (non-hydrogen) atoms. The number of carbonyl (C=O) groups is 2. The minimum Gasteiger partial charge on any atom is -0.379 e. The third-order valence-corrected chi connectivity index (χ3v) is 5.37. The number of carbonyl (C=O) groups excluding carboxylic acids is 2. The standard InChI is InChI=1S/C19H19N3O3S/c1-13-10-22(16-6-4-3-5-14(16)9-20)18(23)11-21(13)19(24)17-8-7-15(26-17)12-25-2/h3-8,13H,10-12H2,1-2H3/t13-/m0/s1. The number of anilines is 1. The van der Waals surface area contributed by atoms with Crippen molar-refractivity contribution >= 4 is 28.8 Å². The van der Waals surface area contributed by atoms with Crippen molar-refractivity contribution in [3.8, 4) is 6.07 Å². The maximum absolute atomic E-state index is 12.8. The number of para-hydroxylation sites is 1. The Morgan fingerprint density at radius 2 is 2.12 bits per heavy atom. The molecule has 0 aliphatic carbocycles. The predicted octanol–water partition coefficient (Wildman–Crippen LogP) is 2.64. The van der Waals surface area contributed by atoms with Crippen LogP contribution in [-0.2, 0) is 16.1 Å². The van der Waals surface area contributed by atoms with Gasteiger partial charge in [-0.25, -0.2) is 0 Å². The fourth-order valence-corrected chi connectivity index (χ4v) is 3.95. The molecule has 1 atom stereocenters. The number of rotatable bonds is 4. The molecule has 1 aliphatic heterocycles. The van der Waals surface area contributed by atoms with Crippen LogP contribution in [0.5, 0.6) is 0 Å². The lowest BCUT2D eigenvalue weighted by Crippen LogP contribution is -2.57. The lowest BCUT2D eigenvalue weighted by Gasteiger charge is -2.39. The van der Waals surface area contributed by atoms with Crippen LogP contribution in [0.2, 0.25) is 0 Å². The smallest absolute Gasteiger partial charge is 0.264 e. The Bertz CT molecular complexity index is 871. The number of benzene rings is 1. The van der Waals surface area contributed by atoms with E-state index >= 15 is 0 Å². The first-order chi connectivity index (χ1) is 12.5. The minimum atomic E-state index is -0.187. The van der Waals surface area contributed by atoms with Gasteiger partial charge in [0.05, 0.1) is 22.7 Å². The van der Waals surface area contributed by atoms with E-state index in [4.69, 9.17) is 4.74 Å². The zero-order valence-corrected chi connectivity index (χ0v) is 15.5. The van der Waals surface area contributed by atoms with Crippen molar-refractivity contribution in [3.63, 3.8) is 0 Å². The number of amides is 2. The molecule has 0 radical (unpaired) electrons. The fourth-order valence-electron chi connectivity index (χ4n) is 3.01. The molecule has 1 aromatic heterocycles. The highest BCUT2D eigenvalue weighted by Crippen LogP contribution is 2.26. The Morgan fingerprint density at radius 3 is 2.85 bits per heavy atom. The molecule has 7 heteroatoms.